The van der Waals surface area contributed by atoms with Gasteiger partial charge >= 0.3 is 0 Å². The van der Waals surface area contributed by atoms with Crippen LogP contribution in [-0.4, -0.2) is 192 Å². The summed E-state index contributed by atoms with van der Waals surface area (Å²) in [6, 6.07) is 0. The van der Waals surface area contributed by atoms with Crippen LogP contribution in [0.2, 0.25) is 0 Å². The fourth-order valence-electron chi connectivity index (χ4n) is 13.2. The Balaban J connectivity index is 0.925. The first kappa shape index (κ1) is 62.8. The fourth-order valence-corrected chi connectivity index (χ4v) is 13.2. The fraction of sp³-hybridized carbons (Fsp3) is 1.00. The van der Waals surface area contributed by atoms with Gasteiger partial charge in [-0.1, -0.05) is 96.9 Å². The topological polar surface area (TPSA) is 241 Å². The molecule has 7 heterocycles. The molecule has 0 spiro atoms. The summed E-state index contributed by atoms with van der Waals surface area (Å²) < 4.78 is 85.2. The second-order valence-corrected chi connectivity index (χ2v) is 24.9. The van der Waals surface area contributed by atoms with E-state index in [9.17, 15) is 30.6 Å². The van der Waals surface area contributed by atoms with Gasteiger partial charge in [0, 0.05) is 35.5 Å². The van der Waals surface area contributed by atoms with E-state index in [1.807, 2.05) is 69.2 Å². The molecule has 0 aromatic carbocycles. The van der Waals surface area contributed by atoms with Gasteiger partial charge < -0.3 is 92.2 Å². The predicted molar refractivity (Wildman–Crippen MR) is 277 cm³/mol. The van der Waals surface area contributed by atoms with Crippen LogP contribution in [0, 0.1) is 76.9 Å². The van der Waals surface area contributed by atoms with E-state index >= 15 is 0 Å². The van der Waals surface area contributed by atoms with E-state index in [1.54, 1.807) is 0 Å². The quantitative estimate of drug-likeness (QED) is 0.114. The summed E-state index contributed by atoms with van der Waals surface area (Å²) in [5.41, 5.74) is 0. The Morgan fingerprint density at radius 3 is 0.947 bits per heavy atom. The van der Waals surface area contributed by atoms with Gasteiger partial charge in [-0.3, -0.25) is 0 Å². The smallest absolute Gasteiger partial charge is 0.163 e. The summed E-state index contributed by atoms with van der Waals surface area (Å²) in [6.07, 6.45) is -12.1. The van der Waals surface area contributed by atoms with Crippen LogP contribution in [0.3, 0.4) is 0 Å². The summed E-state index contributed by atoms with van der Waals surface area (Å²) in [4.78, 5) is 0. The second kappa shape index (κ2) is 26.7. The maximum Gasteiger partial charge on any atom is 0.163 e. The number of aliphatic hydroxyl groups excluding tert-OH is 6. The number of hydrogen-bond acceptors (Lipinski definition) is 19. The zero-order valence-corrected chi connectivity index (χ0v) is 48.7. The molecule has 76 heavy (non-hydrogen) atoms. The molecule has 0 aromatic heterocycles. The molecule has 0 saturated carbocycles. The highest BCUT2D eigenvalue weighted by Crippen LogP contribution is 2.45. The average Bonchev–Trinajstić information content (AvgIpc) is 3.40. The van der Waals surface area contributed by atoms with Gasteiger partial charge in [-0.25, -0.2) is 0 Å². The molecule has 19 heteroatoms. The summed E-state index contributed by atoms with van der Waals surface area (Å²) in [6.45, 7) is 33.4. The van der Waals surface area contributed by atoms with E-state index in [4.69, 9.17) is 61.6 Å². The van der Waals surface area contributed by atoms with Gasteiger partial charge in [-0.15, -0.1) is 0 Å². The van der Waals surface area contributed by atoms with Crippen LogP contribution in [-0.2, 0) is 61.6 Å². The Morgan fingerprint density at radius 1 is 0.263 bits per heavy atom. The van der Waals surface area contributed by atoms with Gasteiger partial charge in [0.2, 0.25) is 0 Å². The summed E-state index contributed by atoms with van der Waals surface area (Å²) in [5, 5.41) is 64.6. The molecular formula is C57H102O19. The summed E-state index contributed by atoms with van der Waals surface area (Å²) in [5.74, 6) is -1.33. The van der Waals surface area contributed by atoms with Crippen LogP contribution in [0.4, 0.5) is 0 Å². The molecule has 35 atom stereocenters. The third kappa shape index (κ3) is 12.7. The van der Waals surface area contributed by atoms with E-state index < -0.39 is 117 Å². The zero-order chi connectivity index (χ0) is 55.9. The standard InChI is InChI=1S/C57H102O19/c1-18-39-48(25(4)23(2)36(15)64-39)73-52-31(10)26(5)47(38(17)65-52)72-57-35(14)45(63)51(43(22-61)70-57)76-53-32(11)27(6)46(37(16)66-53)71-55-33(12)28(7)50(41(20-59)68-55)75-56-34(13)29(8)49(42(21-60)69-56)74-54-30(9)24(3)44(62)40(19-58)67-54/h23-63H,18-22H2,1-17H3/t23?,24-,25-,26?,27-,28-,29-,30?,31?,32?,33?,34?,35?,36-,37?,38+,39?,40?,41?,42?,43+,44+,45?,46+,47+,48+,49+,50+,51-,52-,53+,54-,55-,56-,57-/m1/s1. The van der Waals surface area contributed by atoms with Crippen molar-refractivity contribution in [3.05, 3.63) is 0 Å². The van der Waals surface area contributed by atoms with Crippen molar-refractivity contribution in [2.75, 3.05) is 26.4 Å². The van der Waals surface area contributed by atoms with Crippen LogP contribution in [0.5, 0.6) is 0 Å². The average molecular weight is 1090 g/mol. The number of aliphatic hydroxyl groups is 6. The van der Waals surface area contributed by atoms with Crippen LogP contribution in [0.1, 0.15) is 124 Å². The molecule has 14 unspecified atom stereocenters. The monoisotopic (exact) mass is 1090 g/mol. The van der Waals surface area contributed by atoms with Crippen molar-refractivity contribution in [2.45, 2.75) is 260 Å². The van der Waals surface area contributed by atoms with Gasteiger partial charge in [0.05, 0.1) is 93.6 Å². The molecule has 0 bridgehead atoms. The molecule has 7 saturated heterocycles. The summed E-state index contributed by atoms with van der Waals surface area (Å²) >= 11 is 0. The minimum absolute atomic E-state index is 0.0139. The molecule has 7 aliphatic heterocycles. The van der Waals surface area contributed by atoms with Crippen LogP contribution in [0.15, 0.2) is 0 Å². The summed E-state index contributed by atoms with van der Waals surface area (Å²) in [7, 11) is 0. The van der Waals surface area contributed by atoms with Crippen molar-refractivity contribution >= 4 is 0 Å². The molecule has 0 aliphatic carbocycles. The lowest BCUT2D eigenvalue weighted by molar-refractivity contribution is -0.373. The first-order valence-corrected chi connectivity index (χ1v) is 29.2. The van der Waals surface area contributed by atoms with Crippen LogP contribution >= 0.6 is 0 Å². The SMILES string of the molecule is CCC1O[C@H](C)C(C)[C@@H](C)[C@@H]1O[C@H]1O[C@@H](C)[C@@H](O[C@H]2O[C@@H](CO)[C@@H](O[C@@H]3OC(C)[C@@H](O[C@H]4OC(CO)[C@@H](O[C@H]5OC(CO)[C@@H](O[C@H]6OC(CO)[C@@H](O)[C@H](C)C6C)[C@H](C)C5C)[C@H](C)C4C)[C@H](C)C3C)C(O)C2C)C(C)C1C. The number of rotatable bonds is 17. The minimum atomic E-state index is -1.06. The van der Waals surface area contributed by atoms with Gasteiger partial charge in [-0.05, 0) is 68.6 Å². The molecule has 444 valence electrons. The number of ether oxygens (including phenoxy) is 13. The molecule has 0 aromatic rings. The highest BCUT2D eigenvalue weighted by molar-refractivity contribution is 4.97. The normalized spacial score (nSPS) is 54.6. The third-order valence-electron chi connectivity index (χ3n) is 20.3. The maximum absolute atomic E-state index is 11.9. The van der Waals surface area contributed by atoms with Crippen molar-refractivity contribution in [3.63, 3.8) is 0 Å². The first-order chi connectivity index (χ1) is 35.9. The van der Waals surface area contributed by atoms with Gasteiger partial charge in [0.25, 0.3) is 0 Å². The van der Waals surface area contributed by atoms with E-state index in [0.29, 0.717) is 11.8 Å². The highest BCUT2D eigenvalue weighted by Gasteiger charge is 2.55. The van der Waals surface area contributed by atoms with Gasteiger partial charge in [0.1, 0.15) is 30.5 Å². The van der Waals surface area contributed by atoms with Crippen molar-refractivity contribution < 1.29 is 92.2 Å². The number of hydrogen-bond donors (Lipinski definition) is 6. The van der Waals surface area contributed by atoms with Crippen LogP contribution < -0.4 is 0 Å². The lowest BCUT2D eigenvalue weighted by Gasteiger charge is -2.52. The van der Waals surface area contributed by atoms with Crippen LogP contribution in [0.25, 0.3) is 0 Å². The third-order valence-corrected chi connectivity index (χ3v) is 20.3. The first-order valence-electron chi connectivity index (χ1n) is 29.2. The Bertz CT molecular complexity index is 1760. The zero-order valence-electron chi connectivity index (χ0n) is 48.7. The van der Waals surface area contributed by atoms with Crippen molar-refractivity contribution in [1.29, 1.82) is 0 Å². The van der Waals surface area contributed by atoms with E-state index in [-0.39, 0.29) is 110 Å². The van der Waals surface area contributed by atoms with E-state index in [0.717, 1.165) is 6.42 Å². The second-order valence-electron chi connectivity index (χ2n) is 24.9. The van der Waals surface area contributed by atoms with Gasteiger partial charge in [-0.2, -0.15) is 0 Å². The van der Waals surface area contributed by atoms with Crippen molar-refractivity contribution in [3.8, 4) is 0 Å². The minimum Gasteiger partial charge on any atom is -0.394 e. The molecule has 7 aliphatic rings. The molecular weight excluding hydrogens is 989 g/mol. The molecule has 7 fully saturated rings. The lowest BCUT2D eigenvalue weighted by atomic mass is 9.80. The van der Waals surface area contributed by atoms with Gasteiger partial charge in [0.15, 0.2) is 37.7 Å². The molecule has 0 amide bonds. The largest absolute Gasteiger partial charge is 0.394 e. The Morgan fingerprint density at radius 2 is 0.553 bits per heavy atom. The molecule has 19 nitrogen and oxygen atoms in total. The Kier molecular flexibility index (Phi) is 22.0. The van der Waals surface area contributed by atoms with Crippen molar-refractivity contribution in [2.24, 2.45) is 76.9 Å². The molecule has 6 N–H and O–H groups in total. The van der Waals surface area contributed by atoms with E-state index in [2.05, 4.69) is 48.5 Å². The Hall–Kier alpha value is -0.760. The lowest BCUT2D eigenvalue weighted by Crippen LogP contribution is -2.62. The molecule has 0 radical (unpaired) electrons. The highest BCUT2D eigenvalue weighted by atomic mass is 16.8. The van der Waals surface area contributed by atoms with E-state index in [1.165, 1.54) is 0 Å². The Labute approximate surface area is 453 Å². The maximum atomic E-state index is 11.9. The predicted octanol–water partition coefficient (Wildman–Crippen LogP) is 4.84. The molecule has 7 rings (SSSR count). The van der Waals surface area contributed by atoms with Crippen molar-refractivity contribution in [1.82, 2.24) is 0 Å².